The molecule has 1 aromatic carbocycles. The van der Waals surface area contributed by atoms with Gasteiger partial charge in [-0.1, -0.05) is 23.7 Å². The topological polar surface area (TPSA) is 78.4 Å². The van der Waals surface area contributed by atoms with Crippen molar-refractivity contribution in [2.24, 2.45) is 0 Å². The highest BCUT2D eigenvalue weighted by atomic mass is 35.5. The molecule has 1 aliphatic rings. The number of halogens is 1. The third kappa shape index (κ3) is 4.13. The van der Waals surface area contributed by atoms with E-state index in [1.165, 1.54) is 5.56 Å². The molecule has 1 aromatic rings. The minimum absolute atomic E-state index is 0.0662. The van der Waals surface area contributed by atoms with Crippen molar-refractivity contribution in [3.63, 3.8) is 0 Å². The lowest BCUT2D eigenvalue weighted by Crippen LogP contribution is -2.48. The SMILES string of the molecule is O=C(O)CCNC(=O)NC1CC(c2cccc(Cl)c2)C1. The molecule has 2 amide bonds. The molecule has 108 valence electrons. The number of carbonyl (C=O) groups is 2. The van der Waals surface area contributed by atoms with Crippen LogP contribution >= 0.6 is 11.6 Å². The van der Waals surface area contributed by atoms with Crippen LogP contribution in [-0.4, -0.2) is 29.7 Å². The van der Waals surface area contributed by atoms with Gasteiger partial charge in [0.15, 0.2) is 0 Å². The van der Waals surface area contributed by atoms with Gasteiger partial charge in [0.05, 0.1) is 6.42 Å². The number of carbonyl (C=O) groups excluding carboxylic acids is 1. The van der Waals surface area contributed by atoms with E-state index in [2.05, 4.69) is 10.6 Å². The molecule has 0 heterocycles. The highest BCUT2D eigenvalue weighted by Crippen LogP contribution is 2.37. The van der Waals surface area contributed by atoms with Crippen molar-refractivity contribution in [3.8, 4) is 0 Å². The monoisotopic (exact) mass is 296 g/mol. The average Bonchev–Trinajstić information content (AvgIpc) is 2.32. The standard InChI is InChI=1S/C14H17ClN2O3/c15-11-3-1-2-9(6-11)10-7-12(8-10)17-14(20)16-5-4-13(18)19/h1-3,6,10,12H,4-5,7-8H2,(H,18,19)(H2,16,17,20). The molecule has 0 atom stereocenters. The molecule has 0 spiro atoms. The van der Waals surface area contributed by atoms with Gasteiger partial charge in [-0.05, 0) is 36.5 Å². The Morgan fingerprint density at radius 1 is 1.35 bits per heavy atom. The number of carboxylic acid groups (broad SMARTS) is 1. The van der Waals surface area contributed by atoms with Crippen LogP contribution in [0.3, 0.4) is 0 Å². The van der Waals surface area contributed by atoms with E-state index in [1.807, 2.05) is 24.3 Å². The Balaban J connectivity index is 1.69. The third-order valence-electron chi connectivity index (χ3n) is 3.42. The summed E-state index contributed by atoms with van der Waals surface area (Å²) in [6, 6.07) is 7.60. The van der Waals surface area contributed by atoms with Crippen molar-refractivity contribution in [1.82, 2.24) is 10.6 Å². The quantitative estimate of drug-likeness (QED) is 0.780. The Morgan fingerprint density at radius 3 is 2.75 bits per heavy atom. The maximum Gasteiger partial charge on any atom is 0.315 e. The zero-order valence-electron chi connectivity index (χ0n) is 10.9. The summed E-state index contributed by atoms with van der Waals surface area (Å²) in [6.45, 7) is 0.144. The lowest BCUT2D eigenvalue weighted by Gasteiger charge is -2.36. The van der Waals surface area contributed by atoms with Crippen molar-refractivity contribution >= 4 is 23.6 Å². The van der Waals surface area contributed by atoms with Gasteiger partial charge in [0.25, 0.3) is 0 Å². The van der Waals surface area contributed by atoms with Gasteiger partial charge in [0, 0.05) is 17.6 Å². The molecule has 5 nitrogen and oxygen atoms in total. The van der Waals surface area contributed by atoms with E-state index in [0.717, 1.165) is 17.9 Å². The second-order valence-corrected chi connectivity index (χ2v) is 5.40. The summed E-state index contributed by atoms with van der Waals surface area (Å²) in [7, 11) is 0. The fourth-order valence-electron chi connectivity index (χ4n) is 2.29. The van der Waals surface area contributed by atoms with Crippen LogP contribution in [0.4, 0.5) is 4.79 Å². The highest BCUT2D eigenvalue weighted by Gasteiger charge is 2.31. The van der Waals surface area contributed by atoms with Crippen LogP contribution in [-0.2, 0) is 4.79 Å². The van der Waals surface area contributed by atoms with Crippen LogP contribution in [0.2, 0.25) is 5.02 Å². The van der Waals surface area contributed by atoms with E-state index in [0.29, 0.717) is 5.92 Å². The summed E-state index contributed by atoms with van der Waals surface area (Å²) in [5, 5.41) is 14.5. The predicted molar refractivity (Wildman–Crippen MR) is 76.0 cm³/mol. The van der Waals surface area contributed by atoms with Gasteiger partial charge < -0.3 is 15.7 Å². The van der Waals surface area contributed by atoms with Gasteiger partial charge in [-0.3, -0.25) is 4.79 Å². The molecule has 6 heteroatoms. The number of aliphatic carboxylic acids is 1. The largest absolute Gasteiger partial charge is 0.481 e. The third-order valence-corrected chi connectivity index (χ3v) is 3.65. The first-order valence-electron chi connectivity index (χ1n) is 6.56. The summed E-state index contributed by atoms with van der Waals surface area (Å²) in [6.07, 6.45) is 1.70. The first-order valence-corrected chi connectivity index (χ1v) is 6.94. The van der Waals surface area contributed by atoms with Gasteiger partial charge in [0.1, 0.15) is 0 Å². The zero-order chi connectivity index (χ0) is 14.5. The molecule has 1 aliphatic carbocycles. The van der Waals surface area contributed by atoms with E-state index < -0.39 is 5.97 Å². The normalized spacial score (nSPS) is 20.9. The Labute approximate surface area is 122 Å². The molecule has 0 radical (unpaired) electrons. The van der Waals surface area contributed by atoms with E-state index in [4.69, 9.17) is 16.7 Å². The molecule has 3 N–H and O–H groups in total. The summed E-state index contributed by atoms with van der Waals surface area (Å²) in [4.78, 5) is 21.8. The van der Waals surface area contributed by atoms with Crippen molar-refractivity contribution in [2.75, 3.05) is 6.54 Å². The van der Waals surface area contributed by atoms with Crippen molar-refractivity contribution < 1.29 is 14.7 Å². The van der Waals surface area contributed by atoms with Crippen molar-refractivity contribution in [2.45, 2.75) is 31.2 Å². The van der Waals surface area contributed by atoms with Crippen molar-refractivity contribution in [3.05, 3.63) is 34.9 Å². The fraction of sp³-hybridized carbons (Fsp3) is 0.429. The highest BCUT2D eigenvalue weighted by molar-refractivity contribution is 6.30. The minimum Gasteiger partial charge on any atom is -0.481 e. The summed E-state index contributed by atoms with van der Waals surface area (Å²) in [5.41, 5.74) is 1.20. The van der Waals surface area contributed by atoms with E-state index >= 15 is 0 Å². The molecule has 0 bridgehead atoms. The molecule has 0 unspecified atom stereocenters. The first kappa shape index (κ1) is 14.7. The molecular weight excluding hydrogens is 280 g/mol. The van der Waals surface area contributed by atoms with Crippen molar-refractivity contribution in [1.29, 1.82) is 0 Å². The molecule has 0 saturated heterocycles. The number of amides is 2. The Kier molecular flexibility index (Phi) is 4.84. The maximum atomic E-state index is 11.5. The van der Waals surface area contributed by atoms with E-state index in [-0.39, 0.29) is 25.0 Å². The molecule has 0 aliphatic heterocycles. The first-order chi connectivity index (χ1) is 9.54. The van der Waals surface area contributed by atoms with Gasteiger partial charge in [-0.2, -0.15) is 0 Å². The van der Waals surface area contributed by atoms with Crippen LogP contribution in [0.5, 0.6) is 0 Å². The van der Waals surface area contributed by atoms with Gasteiger partial charge in [-0.15, -0.1) is 0 Å². The molecule has 1 fully saturated rings. The van der Waals surface area contributed by atoms with Gasteiger partial charge in [-0.25, -0.2) is 4.79 Å². The number of benzene rings is 1. The van der Waals surface area contributed by atoms with Crippen LogP contribution in [0.15, 0.2) is 24.3 Å². The second-order valence-electron chi connectivity index (χ2n) is 4.96. The van der Waals surface area contributed by atoms with Crippen LogP contribution in [0.25, 0.3) is 0 Å². The number of nitrogens with one attached hydrogen (secondary N) is 2. The van der Waals surface area contributed by atoms with E-state index in [9.17, 15) is 9.59 Å². The lowest BCUT2D eigenvalue weighted by atomic mass is 9.76. The minimum atomic E-state index is -0.921. The maximum absolute atomic E-state index is 11.5. The fourth-order valence-corrected chi connectivity index (χ4v) is 2.49. The number of rotatable bonds is 5. The number of hydrogen-bond donors (Lipinski definition) is 3. The van der Waals surface area contributed by atoms with Gasteiger partial charge >= 0.3 is 12.0 Å². The molecule has 0 aromatic heterocycles. The number of carboxylic acids is 1. The van der Waals surface area contributed by atoms with Crippen LogP contribution < -0.4 is 10.6 Å². The summed E-state index contributed by atoms with van der Waals surface area (Å²) < 4.78 is 0. The average molecular weight is 297 g/mol. The smallest absolute Gasteiger partial charge is 0.315 e. The van der Waals surface area contributed by atoms with Crippen LogP contribution in [0, 0.1) is 0 Å². The summed E-state index contributed by atoms with van der Waals surface area (Å²) in [5.74, 6) is -0.493. The predicted octanol–water partition coefficient (Wildman–Crippen LogP) is 2.36. The number of hydrogen-bond acceptors (Lipinski definition) is 2. The number of urea groups is 1. The Hall–Kier alpha value is -1.75. The molecular formula is C14H17ClN2O3. The van der Waals surface area contributed by atoms with Crippen LogP contribution in [0.1, 0.15) is 30.7 Å². The van der Waals surface area contributed by atoms with E-state index in [1.54, 1.807) is 0 Å². The summed E-state index contributed by atoms with van der Waals surface area (Å²) >= 11 is 5.95. The Bertz CT molecular complexity index is 501. The molecule has 1 saturated carbocycles. The second kappa shape index (κ2) is 6.61. The molecule has 20 heavy (non-hydrogen) atoms. The zero-order valence-corrected chi connectivity index (χ0v) is 11.7. The Morgan fingerprint density at radius 2 is 2.10 bits per heavy atom. The van der Waals surface area contributed by atoms with Gasteiger partial charge in [0.2, 0.25) is 0 Å². The lowest BCUT2D eigenvalue weighted by molar-refractivity contribution is -0.136. The molecule has 2 rings (SSSR count).